The van der Waals surface area contributed by atoms with E-state index in [-0.39, 0.29) is 32.2 Å². The number of unbranched alkanes of at least 4 members (excludes halogenated alkanes) is 19. The number of hydrogen-bond donors (Lipinski definition) is 1. The molecule has 0 aromatic carbocycles. The van der Waals surface area contributed by atoms with Gasteiger partial charge in [-0.3, -0.25) is 9.59 Å². The minimum atomic E-state index is -1.51. The van der Waals surface area contributed by atoms with E-state index >= 15 is 0 Å². The van der Waals surface area contributed by atoms with E-state index in [0.717, 1.165) is 64.2 Å². The molecule has 0 amide bonds. The van der Waals surface area contributed by atoms with Gasteiger partial charge in [0, 0.05) is 12.8 Å². The highest BCUT2D eigenvalue weighted by atomic mass is 16.7. The third-order valence-electron chi connectivity index (χ3n) is 9.35. The third-order valence-corrected chi connectivity index (χ3v) is 9.35. The maximum absolute atomic E-state index is 12.7. The molecule has 0 aliphatic heterocycles. The number of nitrogens with zero attached hydrogens (tertiary/aromatic N) is 1. The molecule has 1 N–H and O–H groups in total. The lowest BCUT2D eigenvalue weighted by Crippen LogP contribution is -2.40. The number of esters is 2. The van der Waals surface area contributed by atoms with Gasteiger partial charge in [-0.1, -0.05) is 140 Å². The fourth-order valence-electron chi connectivity index (χ4n) is 5.87. The third kappa shape index (κ3) is 39.5. The van der Waals surface area contributed by atoms with Gasteiger partial charge in [0.25, 0.3) is 6.29 Å². The van der Waals surface area contributed by atoms with Crippen molar-refractivity contribution in [3.8, 4) is 0 Å². The maximum Gasteiger partial charge on any atom is 0.361 e. The highest BCUT2D eigenvalue weighted by molar-refractivity contribution is 5.71. The summed E-state index contributed by atoms with van der Waals surface area (Å²) in [4.78, 5) is 37.1. The predicted octanol–water partition coefficient (Wildman–Crippen LogP) is 11.4. The fraction of sp³-hybridized carbons (Fsp3) is 0.804. The number of hydrogen-bond acceptors (Lipinski definition) is 7. The summed E-state index contributed by atoms with van der Waals surface area (Å²) in [5.74, 6) is -2.03. The van der Waals surface area contributed by atoms with Crippen LogP contribution in [0, 0.1) is 0 Å². The maximum atomic E-state index is 12.7. The number of allylic oxidation sites excluding steroid dienone is 6. The average molecular weight is 779 g/mol. The van der Waals surface area contributed by atoms with Crippen LogP contribution in [0.2, 0.25) is 0 Å². The Bertz CT molecular complexity index is 1000. The molecule has 9 nitrogen and oxygen atoms in total. The highest BCUT2D eigenvalue weighted by Crippen LogP contribution is 2.13. The molecule has 0 heterocycles. The van der Waals surface area contributed by atoms with Gasteiger partial charge in [-0.25, -0.2) is 4.79 Å². The zero-order chi connectivity index (χ0) is 40.7. The Labute approximate surface area is 337 Å². The van der Waals surface area contributed by atoms with Crippen LogP contribution in [0.5, 0.6) is 0 Å². The molecule has 0 aliphatic rings. The van der Waals surface area contributed by atoms with Crippen LogP contribution in [0.25, 0.3) is 0 Å². The molecule has 55 heavy (non-hydrogen) atoms. The first-order valence-electron chi connectivity index (χ1n) is 22.2. The van der Waals surface area contributed by atoms with Gasteiger partial charge >= 0.3 is 17.9 Å². The van der Waals surface area contributed by atoms with Crippen LogP contribution in [0.3, 0.4) is 0 Å². The molecule has 0 rings (SSSR count). The van der Waals surface area contributed by atoms with Gasteiger partial charge in [0.05, 0.1) is 34.4 Å². The standard InChI is InChI=1S/C46H83NO8/c1-6-8-10-12-14-16-18-20-21-22-23-25-26-28-30-32-34-36-43(48)53-40-42(41-54-46(45(50)51)52-39-38-47(3,4)5)55-44(49)37-35-33-31-29-27-24-19-17-15-13-11-9-7-2/h11,13,17,19-21,42,46H,6-10,12,14-16,18,22-41H2,1-5H3/p+1/b13-11-,19-17-,21-20-. The van der Waals surface area contributed by atoms with Crippen LogP contribution < -0.4 is 0 Å². The van der Waals surface area contributed by atoms with E-state index in [1.54, 1.807) is 0 Å². The highest BCUT2D eigenvalue weighted by Gasteiger charge is 2.25. The van der Waals surface area contributed by atoms with E-state index in [0.29, 0.717) is 23.9 Å². The van der Waals surface area contributed by atoms with Gasteiger partial charge in [-0.15, -0.1) is 0 Å². The van der Waals surface area contributed by atoms with Crippen molar-refractivity contribution in [3.05, 3.63) is 36.5 Å². The number of ether oxygens (including phenoxy) is 4. The number of carbonyl (C=O) groups excluding carboxylic acids is 2. The van der Waals surface area contributed by atoms with Crippen LogP contribution in [0.1, 0.15) is 181 Å². The number of carboxylic acids is 1. The molecule has 0 spiro atoms. The largest absolute Gasteiger partial charge is 0.477 e. The van der Waals surface area contributed by atoms with Crippen molar-refractivity contribution in [2.75, 3.05) is 47.5 Å². The molecule has 0 aromatic rings. The predicted molar refractivity (Wildman–Crippen MR) is 226 cm³/mol. The second-order valence-electron chi connectivity index (χ2n) is 16.0. The lowest BCUT2D eigenvalue weighted by atomic mass is 10.1. The monoisotopic (exact) mass is 779 g/mol. The number of likely N-dealkylation sites (N-methyl/N-ethyl adjacent to an activating group) is 1. The topological polar surface area (TPSA) is 108 Å². The molecule has 0 bridgehead atoms. The van der Waals surface area contributed by atoms with Crippen molar-refractivity contribution in [1.29, 1.82) is 0 Å². The number of rotatable bonds is 40. The van der Waals surface area contributed by atoms with Crippen LogP contribution in [0.15, 0.2) is 36.5 Å². The zero-order valence-electron chi connectivity index (χ0n) is 36.1. The molecule has 0 radical (unpaired) electrons. The molecule has 0 saturated heterocycles. The van der Waals surface area contributed by atoms with E-state index in [9.17, 15) is 19.5 Å². The molecular weight excluding hydrogens is 695 g/mol. The summed E-state index contributed by atoms with van der Waals surface area (Å²) in [7, 11) is 5.94. The van der Waals surface area contributed by atoms with E-state index < -0.39 is 24.3 Å². The lowest BCUT2D eigenvalue weighted by molar-refractivity contribution is -0.870. The van der Waals surface area contributed by atoms with Crippen molar-refractivity contribution in [3.63, 3.8) is 0 Å². The van der Waals surface area contributed by atoms with Gasteiger partial charge in [-0.2, -0.15) is 0 Å². The zero-order valence-corrected chi connectivity index (χ0v) is 36.1. The Morgan fingerprint density at radius 3 is 1.53 bits per heavy atom. The summed E-state index contributed by atoms with van der Waals surface area (Å²) < 4.78 is 22.7. The number of aliphatic carboxylic acids is 1. The minimum absolute atomic E-state index is 0.184. The smallest absolute Gasteiger partial charge is 0.361 e. The molecule has 0 saturated carbocycles. The van der Waals surface area contributed by atoms with Crippen molar-refractivity contribution in [1.82, 2.24) is 0 Å². The SMILES string of the molecule is CCC/C=C\C/C=C\CCCCCCCC(=O)OC(COC(=O)CCCCCCCCC/C=C\CCCCCCCC)COC(OCC[N+](C)(C)C)C(=O)O. The molecule has 0 fully saturated rings. The first kappa shape index (κ1) is 52.5. The second-order valence-corrected chi connectivity index (χ2v) is 16.0. The molecule has 0 aliphatic carbocycles. The van der Waals surface area contributed by atoms with Crippen LogP contribution >= 0.6 is 0 Å². The number of carboxylic acid groups (broad SMARTS) is 1. The van der Waals surface area contributed by atoms with Gasteiger partial charge < -0.3 is 28.5 Å². The van der Waals surface area contributed by atoms with Crippen molar-refractivity contribution in [2.45, 2.75) is 193 Å². The molecule has 2 atom stereocenters. The van der Waals surface area contributed by atoms with Crippen molar-refractivity contribution >= 4 is 17.9 Å². The van der Waals surface area contributed by atoms with E-state index in [1.807, 2.05) is 21.1 Å². The molecule has 2 unspecified atom stereocenters. The van der Waals surface area contributed by atoms with Crippen LogP contribution in [-0.4, -0.2) is 87.4 Å². The minimum Gasteiger partial charge on any atom is -0.477 e. The molecular formula is C46H84NO8+. The first-order chi connectivity index (χ1) is 26.6. The Kier molecular flexibility index (Phi) is 36.6. The van der Waals surface area contributed by atoms with Crippen LogP contribution in [0.4, 0.5) is 0 Å². The van der Waals surface area contributed by atoms with Gasteiger partial charge in [0.15, 0.2) is 6.10 Å². The van der Waals surface area contributed by atoms with Crippen molar-refractivity contribution in [2.24, 2.45) is 0 Å². The van der Waals surface area contributed by atoms with E-state index in [2.05, 4.69) is 50.3 Å². The fourth-order valence-corrected chi connectivity index (χ4v) is 5.87. The van der Waals surface area contributed by atoms with E-state index in [1.165, 1.54) is 83.5 Å². The first-order valence-corrected chi connectivity index (χ1v) is 22.2. The van der Waals surface area contributed by atoms with Gasteiger partial charge in [-0.05, 0) is 64.2 Å². The Balaban J connectivity index is 4.45. The summed E-state index contributed by atoms with van der Waals surface area (Å²) in [6.45, 7) is 4.77. The summed E-state index contributed by atoms with van der Waals surface area (Å²) in [5, 5.41) is 9.62. The summed E-state index contributed by atoms with van der Waals surface area (Å²) >= 11 is 0. The Morgan fingerprint density at radius 1 is 0.545 bits per heavy atom. The molecule has 320 valence electrons. The Morgan fingerprint density at radius 2 is 1.02 bits per heavy atom. The summed E-state index contributed by atoms with van der Waals surface area (Å²) in [5.41, 5.74) is 0. The average Bonchev–Trinajstić information content (AvgIpc) is 3.14. The van der Waals surface area contributed by atoms with E-state index in [4.69, 9.17) is 18.9 Å². The van der Waals surface area contributed by atoms with Crippen LogP contribution in [-0.2, 0) is 33.3 Å². The second kappa shape index (κ2) is 38.4. The Hall–Kier alpha value is -2.49. The summed E-state index contributed by atoms with van der Waals surface area (Å²) in [6, 6.07) is 0. The molecule has 9 heteroatoms. The van der Waals surface area contributed by atoms with Gasteiger partial charge in [0.1, 0.15) is 13.2 Å². The normalized spacial score (nSPS) is 13.3. The van der Waals surface area contributed by atoms with Gasteiger partial charge in [0.2, 0.25) is 0 Å². The number of quaternary nitrogens is 1. The number of carbonyl (C=O) groups is 3. The van der Waals surface area contributed by atoms with Crippen molar-refractivity contribution < 1.29 is 42.9 Å². The quantitative estimate of drug-likeness (QED) is 0.0215. The lowest BCUT2D eigenvalue weighted by Gasteiger charge is -2.25. The summed E-state index contributed by atoms with van der Waals surface area (Å²) in [6.07, 6.45) is 39.1. The molecule has 0 aromatic heterocycles.